The fourth-order valence-electron chi connectivity index (χ4n) is 3.19. The van der Waals surface area contributed by atoms with Crippen LogP contribution in [0.15, 0.2) is 54.6 Å². The van der Waals surface area contributed by atoms with Gasteiger partial charge in [0.15, 0.2) is 0 Å². The fourth-order valence-corrected chi connectivity index (χ4v) is 7.53. The minimum absolute atomic E-state index is 0. The zero-order valence-electron chi connectivity index (χ0n) is 14.5. The van der Waals surface area contributed by atoms with Gasteiger partial charge in [0.2, 0.25) is 0 Å². The molecule has 0 aliphatic carbocycles. The Morgan fingerprint density at radius 2 is 1.35 bits per heavy atom. The molecule has 0 bridgehead atoms. The third kappa shape index (κ3) is 4.94. The van der Waals surface area contributed by atoms with Gasteiger partial charge in [-0.25, -0.2) is 0 Å². The minimum atomic E-state index is -0.417. The Balaban J connectivity index is 0.00000264. The molecule has 0 aliphatic rings. The predicted octanol–water partition coefficient (Wildman–Crippen LogP) is 6.27. The summed E-state index contributed by atoms with van der Waals surface area (Å²) in [6.07, 6.45) is 0. The van der Waals surface area contributed by atoms with Crippen LogP contribution >= 0.6 is 19.5 Å². The van der Waals surface area contributed by atoms with Crippen LogP contribution < -0.4 is 5.30 Å². The third-order valence-electron chi connectivity index (χ3n) is 3.83. The topological polar surface area (TPSA) is 0 Å². The molecule has 0 saturated heterocycles. The monoisotopic (exact) mass is 529 g/mol. The summed E-state index contributed by atoms with van der Waals surface area (Å²) >= 11 is 6.36. The Morgan fingerprint density at radius 1 is 0.826 bits per heavy atom. The molecule has 128 valence electrons. The first-order valence-corrected chi connectivity index (χ1v) is 9.66. The molecule has 23 heavy (non-hydrogen) atoms. The molecule has 0 saturated carbocycles. The summed E-state index contributed by atoms with van der Waals surface area (Å²) in [6.45, 7) is 11.6. The van der Waals surface area contributed by atoms with Crippen molar-refractivity contribution in [3.05, 3.63) is 54.6 Å². The van der Waals surface area contributed by atoms with Gasteiger partial charge in [0, 0.05) is 11.0 Å². The van der Waals surface area contributed by atoms with E-state index in [1.54, 1.807) is 0 Å². The second-order valence-corrected chi connectivity index (χ2v) is 11.3. The summed E-state index contributed by atoms with van der Waals surface area (Å²) in [5, 5.41) is 1.76. The predicted molar refractivity (Wildman–Crippen MR) is 103 cm³/mol. The maximum absolute atomic E-state index is 6.36. The third-order valence-corrected chi connectivity index (χ3v) is 8.27. The molecule has 2 aromatic rings. The van der Waals surface area contributed by atoms with Gasteiger partial charge in [0.25, 0.3) is 0 Å². The molecule has 0 amide bonds. The van der Waals surface area contributed by atoms with Gasteiger partial charge in [-0.2, -0.15) is 0 Å². The Bertz CT molecular complexity index is 617. The molecule has 0 nitrogen and oxygen atoms in total. The van der Waals surface area contributed by atoms with Crippen LogP contribution in [0.2, 0.25) is 0 Å². The van der Waals surface area contributed by atoms with Gasteiger partial charge in [-0.3, -0.25) is 0 Å². The molecule has 1 unspecified atom stereocenters. The SMILES string of the molecule is CC(C)(C)P(c1ccccc1-c1ccccc1)C(C)(C)CCl.[Au+]. The van der Waals surface area contributed by atoms with Gasteiger partial charge in [0.05, 0.1) is 0 Å². The molecular weight excluding hydrogens is 504 g/mol. The van der Waals surface area contributed by atoms with Crippen LogP contribution in [0.25, 0.3) is 11.1 Å². The van der Waals surface area contributed by atoms with Crippen molar-refractivity contribution in [1.82, 2.24) is 0 Å². The first-order chi connectivity index (χ1) is 10.3. The fraction of sp³-hybridized carbons (Fsp3) is 0.400. The molecule has 0 spiro atoms. The van der Waals surface area contributed by atoms with Crippen LogP contribution in [0, 0.1) is 0 Å². The van der Waals surface area contributed by atoms with Crippen LogP contribution in [0.5, 0.6) is 0 Å². The second-order valence-electron chi connectivity index (χ2n) is 7.34. The van der Waals surface area contributed by atoms with Crippen molar-refractivity contribution in [2.24, 2.45) is 0 Å². The molecule has 2 rings (SSSR count). The summed E-state index contributed by atoms with van der Waals surface area (Å²) in [5.41, 5.74) is 2.64. The zero-order chi connectivity index (χ0) is 16.4. The molecule has 0 aliphatic heterocycles. The van der Waals surface area contributed by atoms with Crippen LogP contribution in [-0.2, 0) is 22.4 Å². The van der Waals surface area contributed by atoms with E-state index in [-0.39, 0.29) is 32.7 Å². The van der Waals surface area contributed by atoms with Crippen molar-refractivity contribution >= 4 is 24.8 Å². The van der Waals surface area contributed by atoms with Crippen molar-refractivity contribution in [2.75, 3.05) is 5.88 Å². The van der Waals surface area contributed by atoms with E-state index >= 15 is 0 Å². The van der Waals surface area contributed by atoms with Gasteiger partial charge >= 0.3 is 22.4 Å². The molecule has 2 aromatic carbocycles. The van der Waals surface area contributed by atoms with Crippen molar-refractivity contribution in [3.8, 4) is 11.1 Å². The molecule has 0 heterocycles. The average molecular weight is 530 g/mol. The van der Waals surface area contributed by atoms with E-state index in [0.717, 1.165) is 0 Å². The summed E-state index contributed by atoms with van der Waals surface area (Å²) < 4.78 is 0. The van der Waals surface area contributed by atoms with Crippen molar-refractivity contribution in [3.63, 3.8) is 0 Å². The molecule has 1 atom stereocenters. The average Bonchev–Trinajstić information content (AvgIpc) is 2.47. The number of hydrogen-bond acceptors (Lipinski definition) is 0. The summed E-state index contributed by atoms with van der Waals surface area (Å²) in [5.74, 6) is 0.680. The standard InChI is InChI=1S/C20H26ClP.Au/c1-19(2,3)22(20(4,5)15-21)18-14-10-9-13-17(18)16-11-7-6-8-12-16;/h6-14H,15H2,1-5H3;/q;+1. The van der Waals surface area contributed by atoms with Gasteiger partial charge in [-0.1, -0.05) is 97.1 Å². The van der Waals surface area contributed by atoms with E-state index in [1.807, 2.05) is 0 Å². The van der Waals surface area contributed by atoms with Gasteiger partial charge < -0.3 is 0 Å². The van der Waals surface area contributed by atoms with E-state index in [0.29, 0.717) is 5.88 Å². The smallest absolute Gasteiger partial charge is 0.126 e. The van der Waals surface area contributed by atoms with Crippen LogP contribution in [0.4, 0.5) is 0 Å². The number of hydrogen-bond donors (Lipinski definition) is 0. The number of benzene rings is 2. The van der Waals surface area contributed by atoms with Crippen LogP contribution in [-0.4, -0.2) is 16.2 Å². The molecule has 0 fully saturated rings. The first-order valence-electron chi connectivity index (χ1n) is 7.78. The van der Waals surface area contributed by atoms with Crippen molar-refractivity contribution < 1.29 is 22.4 Å². The summed E-state index contributed by atoms with van der Waals surface area (Å²) in [7, 11) is -0.417. The molecule has 3 heteroatoms. The maximum atomic E-state index is 6.36. The van der Waals surface area contributed by atoms with E-state index in [9.17, 15) is 0 Å². The zero-order valence-corrected chi connectivity index (χ0v) is 18.3. The van der Waals surface area contributed by atoms with E-state index in [1.165, 1.54) is 16.4 Å². The minimum Gasteiger partial charge on any atom is -0.126 e. The Labute approximate surface area is 163 Å². The Morgan fingerprint density at radius 3 is 1.87 bits per heavy atom. The summed E-state index contributed by atoms with van der Waals surface area (Å²) in [6, 6.07) is 19.5. The Hall–Kier alpha value is -0.0997. The number of alkyl halides is 1. The number of halogens is 1. The van der Waals surface area contributed by atoms with E-state index in [2.05, 4.69) is 89.2 Å². The molecule has 0 N–H and O–H groups in total. The Kier molecular flexibility index (Phi) is 7.58. The van der Waals surface area contributed by atoms with Crippen LogP contribution in [0.1, 0.15) is 34.6 Å². The second kappa shape index (κ2) is 8.32. The first kappa shape index (κ1) is 20.9. The van der Waals surface area contributed by atoms with E-state index < -0.39 is 7.92 Å². The van der Waals surface area contributed by atoms with Gasteiger partial charge in [-0.05, 0) is 21.6 Å². The maximum Gasteiger partial charge on any atom is 1.00 e. The van der Waals surface area contributed by atoms with Gasteiger partial charge in [-0.15, -0.1) is 11.6 Å². The normalized spacial score (nSPS) is 13.3. The summed E-state index contributed by atoms with van der Waals surface area (Å²) in [4.78, 5) is 0. The van der Waals surface area contributed by atoms with Crippen molar-refractivity contribution in [2.45, 2.75) is 44.9 Å². The molecular formula is C20H26AuClP+. The molecule has 0 radical (unpaired) electrons. The quantitative estimate of drug-likeness (QED) is 0.249. The number of rotatable bonds is 4. The van der Waals surface area contributed by atoms with Crippen LogP contribution in [0.3, 0.4) is 0 Å². The molecule has 0 aromatic heterocycles. The largest absolute Gasteiger partial charge is 1.00 e. The van der Waals surface area contributed by atoms with Gasteiger partial charge in [0.1, 0.15) is 0 Å². The van der Waals surface area contributed by atoms with E-state index in [4.69, 9.17) is 11.6 Å². The van der Waals surface area contributed by atoms with Crippen molar-refractivity contribution in [1.29, 1.82) is 0 Å².